The molecule has 0 amide bonds. The van der Waals surface area contributed by atoms with Crippen LogP contribution in [0, 0.1) is 6.92 Å². The lowest BCUT2D eigenvalue weighted by molar-refractivity contribution is 0.448. The largest absolute Gasteiger partial charge is 0.469 e. The highest BCUT2D eigenvalue weighted by Crippen LogP contribution is 2.24. The van der Waals surface area contributed by atoms with Crippen LogP contribution in [0.5, 0.6) is 0 Å². The van der Waals surface area contributed by atoms with Crippen molar-refractivity contribution in [3.8, 4) is 0 Å². The quantitative estimate of drug-likeness (QED) is 0.839. The van der Waals surface area contributed by atoms with E-state index in [0.717, 1.165) is 30.2 Å². The maximum Gasteiger partial charge on any atom is 0.105 e. The molecule has 19 heavy (non-hydrogen) atoms. The molecule has 0 radical (unpaired) electrons. The molecule has 1 N–H and O–H groups in total. The average Bonchev–Trinajstić information content (AvgIpc) is 2.88. The van der Waals surface area contributed by atoms with Gasteiger partial charge in [-0.25, -0.2) is 0 Å². The van der Waals surface area contributed by atoms with Crippen molar-refractivity contribution in [2.45, 2.75) is 32.7 Å². The molecule has 0 spiro atoms. The molecule has 1 heterocycles. The van der Waals surface area contributed by atoms with Gasteiger partial charge in [-0.1, -0.05) is 24.6 Å². The molecule has 1 aromatic carbocycles. The molecule has 0 fully saturated rings. The van der Waals surface area contributed by atoms with Gasteiger partial charge in [0.1, 0.15) is 5.76 Å². The number of benzene rings is 1. The molecule has 1 unspecified atom stereocenters. The van der Waals surface area contributed by atoms with E-state index in [1.165, 1.54) is 11.1 Å². The van der Waals surface area contributed by atoms with E-state index in [0.29, 0.717) is 0 Å². The monoisotopic (exact) mass is 277 g/mol. The van der Waals surface area contributed by atoms with Gasteiger partial charge < -0.3 is 9.73 Å². The Labute approximate surface area is 119 Å². The predicted octanol–water partition coefficient (Wildman–Crippen LogP) is 4.52. The second-order valence-electron chi connectivity index (χ2n) is 4.79. The molecule has 2 nitrogen and oxygen atoms in total. The van der Waals surface area contributed by atoms with Crippen LogP contribution in [0.15, 0.2) is 41.0 Å². The summed E-state index contributed by atoms with van der Waals surface area (Å²) < 4.78 is 5.46. The summed E-state index contributed by atoms with van der Waals surface area (Å²) in [6.07, 6.45) is 3.69. The zero-order chi connectivity index (χ0) is 13.7. The van der Waals surface area contributed by atoms with Crippen LogP contribution in [-0.2, 0) is 6.42 Å². The molecule has 1 atom stereocenters. The van der Waals surface area contributed by atoms with Crippen molar-refractivity contribution in [3.05, 3.63) is 58.5 Å². The van der Waals surface area contributed by atoms with E-state index in [2.05, 4.69) is 25.2 Å². The third-order valence-corrected chi connectivity index (χ3v) is 3.47. The highest BCUT2D eigenvalue weighted by molar-refractivity contribution is 6.30. The van der Waals surface area contributed by atoms with Crippen molar-refractivity contribution in [2.75, 3.05) is 6.54 Å². The third kappa shape index (κ3) is 3.85. The molecule has 3 heteroatoms. The first-order valence-electron chi connectivity index (χ1n) is 6.72. The Kier molecular flexibility index (Phi) is 5.06. The molecule has 0 aliphatic heterocycles. The van der Waals surface area contributed by atoms with Crippen molar-refractivity contribution >= 4 is 11.6 Å². The minimum absolute atomic E-state index is 0.267. The van der Waals surface area contributed by atoms with Crippen LogP contribution in [0.4, 0.5) is 0 Å². The minimum atomic E-state index is 0.267. The van der Waals surface area contributed by atoms with Crippen LogP contribution >= 0.6 is 11.6 Å². The Morgan fingerprint density at radius 3 is 2.79 bits per heavy atom. The minimum Gasteiger partial charge on any atom is -0.469 e. The predicted molar refractivity (Wildman–Crippen MR) is 79.6 cm³/mol. The normalized spacial score (nSPS) is 12.6. The van der Waals surface area contributed by atoms with Crippen molar-refractivity contribution < 1.29 is 4.42 Å². The first kappa shape index (κ1) is 14.2. The Bertz CT molecular complexity index is 507. The number of hydrogen-bond donors (Lipinski definition) is 1. The van der Waals surface area contributed by atoms with Gasteiger partial charge in [-0.2, -0.15) is 0 Å². The van der Waals surface area contributed by atoms with Crippen LogP contribution in [0.2, 0.25) is 5.02 Å². The summed E-state index contributed by atoms with van der Waals surface area (Å²) in [6, 6.07) is 10.3. The molecule has 102 valence electrons. The van der Waals surface area contributed by atoms with E-state index < -0.39 is 0 Å². The fourth-order valence-electron chi connectivity index (χ4n) is 2.27. The topological polar surface area (TPSA) is 25.2 Å². The summed E-state index contributed by atoms with van der Waals surface area (Å²) in [5.74, 6) is 1.00. The van der Waals surface area contributed by atoms with Gasteiger partial charge in [0.25, 0.3) is 0 Å². The zero-order valence-electron chi connectivity index (χ0n) is 11.4. The van der Waals surface area contributed by atoms with E-state index in [1.54, 1.807) is 6.26 Å². The standard InChI is InChI=1S/C16H20ClNO/c1-3-8-18-16(11-14-5-4-9-19-14)15-7-6-13(17)10-12(15)2/h4-7,9-10,16,18H,3,8,11H2,1-2H3. The summed E-state index contributed by atoms with van der Waals surface area (Å²) in [5, 5.41) is 4.37. The first-order valence-corrected chi connectivity index (χ1v) is 7.10. The number of nitrogens with one attached hydrogen (secondary N) is 1. The van der Waals surface area contributed by atoms with E-state index in [9.17, 15) is 0 Å². The number of rotatable bonds is 6. The summed E-state index contributed by atoms with van der Waals surface area (Å²) in [7, 11) is 0. The fourth-order valence-corrected chi connectivity index (χ4v) is 2.50. The zero-order valence-corrected chi connectivity index (χ0v) is 12.2. The average molecular weight is 278 g/mol. The number of furan rings is 1. The lowest BCUT2D eigenvalue weighted by Gasteiger charge is -2.20. The summed E-state index contributed by atoms with van der Waals surface area (Å²) in [4.78, 5) is 0. The molecular formula is C16H20ClNO. The second-order valence-corrected chi connectivity index (χ2v) is 5.23. The van der Waals surface area contributed by atoms with E-state index in [-0.39, 0.29) is 6.04 Å². The molecule has 0 bridgehead atoms. The van der Waals surface area contributed by atoms with Gasteiger partial charge in [0.05, 0.1) is 6.26 Å². The fraction of sp³-hybridized carbons (Fsp3) is 0.375. The van der Waals surface area contributed by atoms with Gasteiger partial charge in [-0.15, -0.1) is 0 Å². The number of hydrogen-bond acceptors (Lipinski definition) is 2. The van der Waals surface area contributed by atoms with E-state index in [4.69, 9.17) is 16.0 Å². The Morgan fingerprint density at radius 1 is 1.32 bits per heavy atom. The molecule has 1 aromatic heterocycles. The summed E-state index contributed by atoms with van der Waals surface area (Å²) in [6.45, 7) is 5.27. The molecule has 2 aromatic rings. The molecule has 0 saturated heterocycles. The Balaban J connectivity index is 2.20. The number of aryl methyl sites for hydroxylation is 1. The van der Waals surface area contributed by atoms with Crippen LogP contribution in [-0.4, -0.2) is 6.54 Å². The van der Waals surface area contributed by atoms with Gasteiger partial charge in [0.15, 0.2) is 0 Å². The van der Waals surface area contributed by atoms with Crippen molar-refractivity contribution in [2.24, 2.45) is 0 Å². The third-order valence-electron chi connectivity index (χ3n) is 3.23. The highest BCUT2D eigenvalue weighted by Gasteiger charge is 2.15. The lowest BCUT2D eigenvalue weighted by Crippen LogP contribution is -2.24. The second kappa shape index (κ2) is 6.78. The maximum absolute atomic E-state index is 6.03. The van der Waals surface area contributed by atoms with Gasteiger partial charge in [-0.3, -0.25) is 0 Å². The summed E-state index contributed by atoms with van der Waals surface area (Å²) in [5.41, 5.74) is 2.50. The van der Waals surface area contributed by atoms with Crippen LogP contribution in [0.1, 0.15) is 36.3 Å². The lowest BCUT2D eigenvalue weighted by atomic mass is 9.97. The van der Waals surface area contributed by atoms with Gasteiger partial charge in [0.2, 0.25) is 0 Å². The Morgan fingerprint density at radius 2 is 2.16 bits per heavy atom. The molecule has 0 aliphatic rings. The SMILES string of the molecule is CCCNC(Cc1ccco1)c1ccc(Cl)cc1C. The highest BCUT2D eigenvalue weighted by atomic mass is 35.5. The maximum atomic E-state index is 6.03. The Hall–Kier alpha value is -1.25. The van der Waals surface area contributed by atoms with Crippen molar-refractivity contribution in [3.63, 3.8) is 0 Å². The van der Waals surface area contributed by atoms with Crippen LogP contribution in [0.3, 0.4) is 0 Å². The van der Waals surface area contributed by atoms with Gasteiger partial charge in [0, 0.05) is 17.5 Å². The van der Waals surface area contributed by atoms with E-state index >= 15 is 0 Å². The van der Waals surface area contributed by atoms with Crippen LogP contribution < -0.4 is 5.32 Å². The van der Waals surface area contributed by atoms with Gasteiger partial charge >= 0.3 is 0 Å². The van der Waals surface area contributed by atoms with Crippen LogP contribution in [0.25, 0.3) is 0 Å². The molecular weight excluding hydrogens is 258 g/mol. The molecule has 0 saturated carbocycles. The first-order chi connectivity index (χ1) is 9.20. The van der Waals surface area contributed by atoms with E-state index in [1.807, 2.05) is 24.3 Å². The number of halogens is 1. The van der Waals surface area contributed by atoms with Crippen molar-refractivity contribution in [1.82, 2.24) is 5.32 Å². The molecule has 0 aliphatic carbocycles. The van der Waals surface area contributed by atoms with Gasteiger partial charge in [-0.05, 0) is 55.3 Å². The molecule has 2 rings (SSSR count). The summed E-state index contributed by atoms with van der Waals surface area (Å²) >= 11 is 6.03. The van der Waals surface area contributed by atoms with Crippen molar-refractivity contribution in [1.29, 1.82) is 0 Å². The smallest absolute Gasteiger partial charge is 0.105 e.